The number of carbonyl (C=O) groups is 1. The van der Waals surface area contributed by atoms with Gasteiger partial charge in [-0.15, -0.1) is 0 Å². The van der Waals surface area contributed by atoms with E-state index in [-0.39, 0.29) is 17.4 Å². The SMILES string of the molecule is COCCNS(=O)(=O)c1ccc2c(c1)CCN(C(=O)C1CC13CCC3)C2. The topological polar surface area (TPSA) is 75.7 Å². The van der Waals surface area contributed by atoms with Crippen LogP contribution >= 0.6 is 0 Å². The molecule has 0 aromatic heterocycles. The van der Waals surface area contributed by atoms with Crippen LogP contribution < -0.4 is 4.72 Å². The molecule has 142 valence electrons. The van der Waals surface area contributed by atoms with Crippen LogP contribution in [0.25, 0.3) is 0 Å². The number of sulfonamides is 1. The summed E-state index contributed by atoms with van der Waals surface area (Å²) in [7, 11) is -1.98. The van der Waals surface area contributed by atoms with Crippen molar-refractivity contribution in [2.75, 3.05) is 26.8 Å². The average Bonchev–Trinajstić information content (AvgIpc) is 3.37. The van der Waals surface area contributed by atoms with Crippen LogP contribution in [0.3, 0.4) is 0 Å². The third kappa shape index (κ3) is 3.17. The van der Waals surface area contributed by atoms with Gasteiger partial charge >= 0.3 is 0 Å². The van der Waals surface area contributed by atoms with E-state index in [1.54, 1.807) is 12.1 Å². The number of hydrogen-bond donors (Lipinski definition) is 1. The molecular formula is C19H26N2O4S. The average molecular weight is 378 g/mol. The van der Waals surface area contributed by atoms with Gasteiger partial charge in [0.05, 0.1) is 11.5 Å². The summed E-state index contributed by atoms with van der Waals surface area (Å²) in [4.78, 5) is 15.0. The van der Waals surface area contributed by atoms with Crippen molar-refractivity contribution in [3.63, 3.8) is 0 Å². The first-order chi connectivity index (χ1) is 12.5. The van der Waals surface area contributed by atoms with Crippen LogP contribution in [-0.2, 0) is 32.5 Å². The van der Waals surface area contributed by atoms with E-state index in [0.717, 1.165) is 17.5 Å². The van der Waals surface area contributed by atoms with Gasteiger partial charge in [-0.25, -0.2) is 13.1 Å². The zero-order chi connectivity index (χ0) is 18.4. The summed E-state index contributed by atoms with van der Waals surface area (Å²) in [6, 6.07) is 5.23. The number of nitrogens with one attached hydrogen (secondary N) is 1. The van der Waals surface area contributed by atoms with Crippen LogP contribution in [0.15, 0.2) is 23.1 Å². The molecule has 6 nitrogen and oxygen atoms in total. The molecular weight excluding hydrogens is 352 g/mol. The van der Waals surface area contributed by atoms with Gasteiger partial charge in [-0.05, 0) is 54.4 Å². The number of hydrogen-bond acceptors (Lipinski definition) is 4. The minimum absolute atomic E-state index is 0.238. The predicted octanol–water partition coefficient (Wildman–Crippen LogP) is 1.69. The molecule has 2 saturated carbocycles. The lowest BCUT2D eigenvalue weighted by atomic mass is 9.79. The number of ether oxygens (including phenoxy) is 1. The van der Waals surface area contributed by atoms with Crippen molar-refractivity contribution in [1.29, 1.82) is 0 Å². The molecule has 1 aromatic carbocycles. The second-order valence-electron chi connectivity index (χ2n) is 7.80. The van der Waals surface area contributed by atoms with Gasteiger partial charge in [0.15, 0.2) is 0 Å². The summed E-state index contributed by atoms with van der Waals surface area (Å²) < 4.78 is 32.1. The fourth-order valence-electron chi connectivity index (χ4n) is 4.35. The summed E-state index contributed by atoms with van der Waals surface area (Å²) in [6.07, 6.45) is 5.47. The zero-order valence-electron chi connectivity index (χ0n) is 15.2. The quantitative estimate of drug-likeness (QED) is 0.765. The Morgan fingerprint density at radius 3 is 2.81 bits per heavy atom. The first-order valence-corrected chi connectivity index (χ1v) is 10.8. The van der Waals surface area contributed by atoms with Crippen molar-refractivity contribution in [2.24, 2.45) is 11.3 Å². The van der Waals surface area contributed by atoms with Crippen LogP contribution in [0, 0.1) is 11.3 Å². The highest BCUT2D eigenvalue weighted by Crippen LogP contribution is 2.66. The summed E-state index contributed by atoms with van der Waals surface area (Å²) in [5, 5.41) is 0. The third-order valence-corrected chi connectivity index (χ3v) is 7.71. The Labute approximate surface area is 155 Å². The smallest absolute Gasteiger partial charge is 0.240 e. The van der Waals surface area contributed by atoms with Crippen LogP contribution in [-0.4, -0.2) is 46.0 Å². The molecule has 3 aliphatic rings. The van der Waals surface area contributed by atoms with Gasteiger partial charge in [0.1, 0.15) is 0 Å². The molecule has 1 atom stereocenters. The zero-order valence-corrected chi connectivity index (χ0v) is 16.0. The van der Waals surface area contributed by atoms with Crippen molar-refractivity contribution in [1.82, 2.24) is 9.62 Å². The van der Waals surface area contributed by atoms with Gasteiger partial charge in [0.2, 0.25) is 15.9 Å². The van der Waals surface area contributed by atoms with Crippen LogP contribution in [0.2, 0.25) is 0 Å². The summed E-state index contributed by atoms with van der Waals surface area (Å²) in [5.41, 5.74) is 2.44. The number of rotatable bonds is 6. The van der Waals surface area contributed by atoms with Gasteiger partial charge < -0.3 is 9.64 Å². The van der Waals surface area contributed by atoms with Crippen molar-refractivity contribution in [2.45, 2.75) is 43.5 Å². The van der Waals surface area contributed by atoms with Crippen molar-refractivity contribution in [3.05, 3.63) is 29.3 Å². The Balaban J connectivity index is 1.43. The second kappa shape index (κ2) is 6.62. The maximum Gasteiger partial charge on any atom is 0.240 e. The summed E-state index contributed by atoms with van der Waals surface area (Å²) >= 11 is 0. The lowest BCUT2D eigenvalue weighted by molar-refractivity contribution is -0.134. The monoisotopic (exact) mass is 378 g/mol. The van der Waals surface area contributed by atoms with Crippen LogP contribution in [0.4, 0.5) is 0 Å². The molecule has 4 rings (SSSR count). The molecule has 7 heteroatoms. The summed E-state index contributed by atoms with van der Waals surface area (Å²) in [6.45, 7) is 1.86. The van der Waals surface area contributed by atoms with E-state index < -0.39 is 10.0 Å². The Bertz CT molecular complexity index is 817. The number of fused-ring (bicyclic) bond motifs is 1. The molecule has 2 fully saturated rings. The fraction of sp³-hybridized carbons (Fsp3) is 0.632. The maximum absolute atomic E-state index is 12.8. The van der Waals surface area contributed by atoms with E-state index in [2.05, 4.69) is 4.72 Å². The largest absolute Gasteiger partial charge is 0.383 e. The van der Waals surface area contributed by atoms with Crippen LogP contribution in [0.1, 0.15) is 36.8 Å². The lowest BCUT2D eigenvalue weighted by Crippen LogP contribution is -2.38. The maximum atomic E-state index is 12.8. The Hall–Kier alpha value is -1.44. The molecule has 0 bridgehead atoms. The first-order valence-electron chi connectivity index (χ1n) is 9.34. The van der Waals surface area contributed by atoms with E-state index >= 15 is 0 Å². The summed E-state index contributed by atoms with van der Waals surface area (Å²) in [5.74, 6) is 0.538. The van der Waals surface area contributed by atoms with E-state index in [0.29, 0.717) is 37.4 Å². The highest BCUT2D eigenvalue weighted by Gasteiger charge is 2.61. The Morgan fingerprint density at radius 1 is 1.35 bits per heavy atom. The van der Waals surface area contributed by atoms with Crippen molar-refractivity contribution >= 4 is 15.9 Å². The molecule has 1 heterocycles. The molecule has 1 aliphatic heterocycles. The Kier molecular flexibility index (Phi) is 4.57. The highest BCUT2D eigenvalue weighted by molar-refractivity contribution is 7.89. The van der Waals surface area contributed by atoms with Gasteiger partial charge in [-0.1, -0.05) is 12.5 Å². The van der Waals surface area contributed by atoms with Crippen molar-refractivity contribution < 1.29 is 17.9 Å². The number of carbonyl (C=O) groups excluding carboxylic acids is 1. The molecule has 2 aliphatic carbocycles. The third-order valence-electron chi connectivity index (χ3n) is 6.25. The van der Waals surface area contributed by atoms with Crippen LogP contribution in [0.5, 0.6) is 0 Å². The Morgan fingerprint density at radius 2 is 2.15 bits per heavy atom. The van der Waals surface area contributed by atoms with Gasteiger partial charge in [0.25, 0.3) is 0 Å². The minimum Gasteiger partial charge on any atom is -0.383 e. The molecule has 1 aromatic rings. The van der Waals surface area contributed by atoms with E-state index in [1.807, 2.05) is 11.0 Å². The highest BCUT2D eigenvalue weighted by atomic mass is 32.2. The fourth-order valence-corrected chi connectivity index (χ4v) is 5.41. The predicted molar refractivity (Wildman–Crippen MR) is 97.0 cm³/mol. The molecule has 1 N–H and O–H groups in total. The van der Waals surface area contributed by atoms with Crippen molar-refractivity contribution in [3.8, 4) is 0 Å². The first kappa shape index (κ1) is 17.9. The van der Waals surface area contributed by atoms with E-state index in [9.17, 15) is 13.2 Å². The second-order valence-corrected chi connectivity index (χ2v) is 9.57. The standard InChI is InChI=1S/C19H26N2O4S/c1-25-10-8-20-26(23,24)16-4-3-15-13-21(9-5-14(15)11-16)18(22)17-12-19(17)6-2-7-19/h3-4,11,17,20H,2,5-10,12-13H2,1H3. The normalized spacial score (nSPS) is 23.4. The van der Waals surface area contributed by atoms with Gasteiger partial charge in [-0.3, -0.25) is 4.79 Å². The van der Waals surface area contributed by atoms with E-state index in [1.165, 1.54) is 26.4 Å². The van der Waals surface area contributed by atoms with E-state index in [4.69, 9.17) is 4.74 Å². The molecule has 1 amide bonds. The molecule has 0 saturated heterocycles. The molecule has 0 radical (unpaired) electrons. The molecule has 1 spiro atoms. The molecule has 1 unspecified atom stereocenters. The lowest BCUT2D eigenvalue weighted by Gasteiger charge is -2.32. The number of benzene rings is 1. The van der Waals surface area contributed by atoms with Gasteiger partial charge in [-0.2, -0.15) is 0 Å². The number of nitrogens with zero attached hydrogens (tertiary/aromatic N) is 1. The minimum atomic E-state index is -3.52. The number of methoxy groups -OCH3 is 1. The molecule has 26 heavy (non-hydrogen) atoms. The van der Waals surface area contributed by atoms with Gasteiger partial charge in [0, 0.05) is 32.7 Å². The number of amides is 1.